The van der Waals surface area contributed by atoms with Crippen LogP contribution in [0.1, 0.15) is 6.92 Å². The van der Waals surface area contributed by atoms with Crippen LogP contribution in [0.2, 0.25) is 0 Å². The normalized spacial score (nSPS) is 10.9. The summed E-state index contributed by atoms with van der Waals surface area (Å²) in [5.74, 6) is 1.29. The number of pyridine rings is 1. The Kier molecular flexibility index (Phi) is 3.60. The summed E-state index contributed by atoms with van der Waals surface area (Å²) < 4.78 is 0. The standard InChI is InChI=1S/C9H12N4O/c1-8(10-2)13(12-7-14)9-5-3-4-6-11-9/h3-7H,1-2H3,(H,12,14). The van der Waals surface area contributed by atoms with Gasteiger partial charge in [0.2, 0.25) is 6.41 Å². The van der Waals surface area contributed by atoms with Gasteiger partial charge in [0.1, 0.15) is 5.84 Å². The molecule has 1 rings (SSSR count). The minimum Gasteiger partial charge on any atom is -0.277 e. The number of amidine groups is 1. The summed E-state index contributed by atoms with van der Waals surface area (Å²) in [7, 11) is 1.65. The highest BCUT2D eigenvalue weighted by Gasteiger charge is 2.08. The molecule has 74 valence electrons. The molecule has 1 aromatic rings. The first-order valence-corrected chi connectivity index (χ1v) is 4.14. The summed E-state index contributed by atoms with van der Waals surface area (Å²) in [6.45, 7) is 1.78. The summed E-state index contributed by atoms with van der Waals surface area (Å²) in [5.41, 5.74) is 2.51. The molecule has 0 bridgehead atoms. The Morgan fingerprint density at radius 2 is 2.43 bits per heavy atom. The summed E-state index contributed by atoms with van der Waals surface area (Å²) >= 11 is 0. The molecule has 1 N–H and O–H groups in total. The van der Waals surface area contributed by atoms with E-state index >= 15 is 0 Å². The quantitative estimate of drug-likeness (QED) is 0.330. The highest BCUT2D eigenvalue weighted by Crippen LogP contribution is 2.06. The SMILES string of the molecule is CN=C(C)N(NC=O)c1ccccn1. The Morgan fingerprint density at radius 1 is 1.64 bits per heavy atom. The van der Waals surface area contributed by atoms with E-state index < -0.39 is 0 Å². The van der Waals surface area contributed by atoms with E-state index in [-0.39, 0.29) is 0 Å². The first kappa shape index (κ1) is 10.2. The predicted molar refractivity (Wildman–Crippen MR) is 54.9 cm³/mol. The molecule has 1 heterocycles. The first-order chi connectivity index (χ1) is 6.79. The first-order valence-electron chi connectivity index (χ1n) is 4.14. The molecular weight excluding hydrogens is 180 g/mol. The summed E-state index contributed by atoms with van der Waals surface area (Å²) in [5, 5.41) is 1.51. The monoisotopic (exact) mass is 192 g/mol. The molecule has 0 aliphatic carbocycles. The molecule has 1 amide bonds. The number of rotatable bonds is 3. The number of carbonyl (C=O) groups excluding carboxylic acids is 1. The van der Waals surface area contributed by atoms with E-state index in [0.717, 1.165) is 0 Å². The maximum Gasteiger partial charge on any atom is 0.226 e. The lowest BCUT2D eigenvalue weighted by Gasteiger charge is -2.20. The average Bonchev–Trinajstić information content (AvgIpc) is 2.26. The highest BCUT2D eigenvalue weighted by molar-refractivity contribution is 5.95. The average molecular weight is 192 g/mol. The van der Waals surface area contributed by atoms with Crippen LogP contribution in [0.3, 0.4) is 0 Å². The molecule has 0 aliphatic heterocycles. The molecule has 0 aliphatic rings. The van der Waals surface area contributed by atoms with Gasteiger partial charge >= 0.3 is 0 Å². The van der Waals surface area contributed by atoms with Crippen LogP contribution in [0.15, 0.2) is 29.4 Å². The Hall–Kier alpha value is -1.91. The van der Waals surface area contributed by atoms with Gasteiger partial charge in [0, 0.05) is 13.2 Å². The second-order valence-electron chi connectivity index (χ2n) is 2.54. The lowest BCUT2D eigenvalue weighted by molar-refractivity contribution is -0.109. The van der Waals surface area contributed by atoms with Gasteiger partial charge in [-0.1, -0.05) is 6.07 Å². The fraction of sp³-hybridized carbons (Fsp3) is 0.222. The van der Waals surface area contributed by atoms with Crippen LogP contribution in [-0.2, 0) is 4.79 Å². The van der Waals surface area contributed by atoms with Gasteiger partial charge in [-0.3, -0.25) is 15.2 Å². The zero-order chi connectivity index (χ0) is 10.4. The smallest absolute Gasteiger partial charge is 0.226 e. The van der Waals surface area contributed by atoms with Crippen molar-refractivity contribution in [3.63, 3.8) is 0 Å². The molecule has 1 aromatic heterocycles. The molecule has 0 radical (unpaired) electrons. The van der Waals surface area contributed by atoms with Crippen molar-refractivity contribution in [1.29, 1.82) is 0 Å². The third kappa shape index (κ3) is 2.29. The van der Waals surface area contributed by atoms with Gasteiger partial charge in [-0.05, 0) is 19.1 Å². The van der Waals surface area contributed by atoms with Crippen LogP contribution >= 0.6 is 0 Å². The van der Waals surface area contributed by atoms with E-state index in [1.807, 2.05) is 6.07 Å². The lowest BCUT2D eigenvalue weighted by Crippen LogP contribution is -2.41. The van der Waals surface area contributed by atoms with E-state index in [1.165, 1.54) is 5.01 Å². The molecule has 5 heteroatoms. The molecule has 0 aromatic carbocycles. The summed E-state index contributed by atoms with van der Waals surface area (Å²) in [6, 6.07) is 5.43. The van der Waals surface area contributed by atoms with Crippen molar-refractivity contribution < 1.29 is 4.79 Å². The Bertz CT molecular complexity index is 323. The van der Waals surface area contributed by atoms with E-state index in [4.69, 9.17) is 0 Å². The molecule has 0 saturated carbocycles. The summed E-state index contributed by atoms with van der Waals surface area (Å²) in [6.07, 6.45) is 2.24. The number of hydrogen-bond donors (Lipinski definition) is 1. The largest absolute Gasteiger partial charge is 0.277 e. The second kappa shape index (κ2) is 4.96. The molecular formula is C9H12N4O. The number of anilines is 1. The number of amides is 1. The molecule has 0 unspecified atom stereocenters. The van der Waals surface area contributed by atoms with Gasteiger partial charge in [-0.25, -0.2) is 9.99 Å². The van der Waals surface area contributed by atoms with Crippen molar-refractivity contribution >= 4 is 18.1 Å². The summed E-state index contributed by atoms with van der Waals surface area (Å²) in [4.78, 5) is 18.4. The second-order valence-corrected chi connectivity index (χ2v) is 2.54. The zero-order valence-corrected chi connectivity index (χ0v) is 8.14. The van der Waals surface area contributed by atoms with E-state index in [9.17, 15) is 4.79 Å². The van der Waals surface area contributed by atoms with Crippen LogP contribution in [-0.4, -0.2) is 24.3 Å². The third-order valence-electron chi connectivity index (χ3n) is 1.71. The zero-order valence-electron chi connectivity index (χ0n) is 8.14. The van der Waals surface area contributed by atoms with Crippen molar-refractivity contribution in [3.8, 4) is 0 Å². The lowest BCUT2D eigenvalue weighted by atomic mass is 10.4. The molecule has 5 nitrogen and oxygen atoms in total. The maximum absolute atomic E-state index is 10.4. The topological polar surface area (TPSA) is 57.6 Å². The van der Waals surface area contributed by atoms with Gasteiger partial charge in [-0.15, -0.1) is 0 Å². The molecule has 14 heavy (non-hydrogen) atoms. The van der Waals surface area contributed by atoms with Crippen molar-refractivity contribution in [3.05, 3.63) is 24.4 Å². The fourth-order valence-electron chi connectivity index (χ4n) is 0.964. The van der Waals surface area contributed by atoms with Gasteiger partial charge in [-0.2, -0.15) is 0 Å². The minimum absolute atomic E-state index is 0.587. The van der Waals surface area contributed by atoms with Crippen LogP contribution in [0, 0.1) is 0 Å². The third-order valence-corrected chi connectivity index (χ3v) is 1.71. The van der Waals surface area contributed by atoms with Gasteiger partial charge < -0.3 is 0 Å². The molecule has 0 spiro atoms. The fourth-order valence-corrected chi connectivity index (χ4v) is 0.964. The van der Waals surface area contributed by atoms with Crippen molar-refractivity contribution in [1.82, 2.24) is 10.4 Å². The Morgan fingerprint density at radius 3 is 2.93 bits per heavy atom. The van der Waals surface area contributed by atoms with E-state index in [2.05, 4.69) is 15.4 Å². The molecule has 0 fully saturated rings. The van der Waals surface area contributed by atoms with Gasteiger partial charge in [0.25, 0.3) is 0 Å². The highest BCUT2D eigenvalue weighted by atomic mass is 16.1. The molecule has 0 saturated heterocycles. The number of nitrogens with zero attached hydrogens (tertiary/aromatic N) is 3. The molecule has 0 atom stereocenters. The van der Waals surface area contributed by atoms with E-state index in [0.29, 0.717) is 18.1 Å². The predicted octanol–water partition coefficient (Wildman–Crippen LogP) is 0.597. The van der Waals surface area contributed by atoms with E-state index in [1.54, 1.807) is 32.3 Å². The number of hydrazine groups is 1. The minimum atomic E-state index is 0.587. The van der Waals surface area contributed by atoms with Gasteiger partial charge in [0.05, 0.1) is 0 Å². The van der Waals surface area contributed by atoms with Crippen LogP contribution in [0.4, 0.5) is 5.82 Å². The maximum atomic E-state index is 10.4. The number of carbonyl (C=O) groups is 1. The Balaban J connectivity index is 2.94. The Labute approximate surface area is 82.4 Å². The number of aliphatic imine (C=N–C) groups is 1. The van der Waals surface area contributed by atoms with Crippen LogP contribution in [0.25, 0.3) is 0 Å². The van der Waals surface area contributed by atoms with Crippen molar-refractivity contribution in [2.45, 2.75) is 6.92 Å². The van der Waals surface area contributed by atoms with Crippen molar-refractivity contribution in [2.24, 2.45) is 4.99 Å². The van der Waals surface area contributed by atoms with Crippen LogP contribution < -0.4 is 10.4 Å². The van der Waals surface area contributed by atoms with Crippen molar-refractivity contribution in [2.75, 3.05) is 12.1 Å². The van der Waals surface area contributed by atoms with Gasteiger partial charge in [0.15, 0.2) is 5.82 Å². The number of nitrogens with one attached hydrogen (secondary N) is 1. The van der Waals surface area contributed by atoms with Crippen LogP contribution in [0.5, 0.6) is 0 Å². The number of hydrogen-bond acceptors (Lipinski definition) is 3. The number of aromatic nitrogens is 1.